The molecule has 1 saturated heterocycles. The van der Waals surface area contributed by atoms with Gasteiger partial charge in [-0.2, -0.15) is 0 Å². The lowest BCUT2D eigenvalue weighted by atomic mass is 9.89. The maximum absolute atomic E-state index is 7.09. The van der Waals surface area contributed by atoms with Gasteiger partial charge in [-0.3, -0.25) is 0 Å². The monoisotopic (exact) mass is 650 g/mol. The zero-order valence-electron chi connectivity index (χ0n) is 27.6. The van der Waals surface area contributed by atoms with Crippen molar-refractivity contribution in [2.24, 2.45) is 0 Å². The van der Waals surface area contributed by atoms with Gasteiger partial charge in [0, 0.05) is 0 Å². The quantitative estimate of drug-likeness (QED) is 0.118. The molecule has 0 saturated carbocycles. The fourth-order valence-corrected chi connectivity index (χ4v) is 6.44. The standard InChI is InChI=1S/C44H42O5/c1-5-15-33(16-6-1)28-45-32-40-42(46-29-34-17-7-2-8-18-34)44(48-31-36-21-11-4-12-22-36)43(47-30-35-19-9-3-10-20-35)41(49-40)39-26-25-37-23-13-14-24-38(37)27-39/h1-27,40-44H,28-32H2/t40-,41-,42-,43-,44+/m1/s1. The second kappa shape index (κ2) is 16.7. The van der Waals surface area contributed by atoms with Gasteiger partial charge in [-0.25, -0.2) is 0 Å². The van der Waals surface area contributed by atoms with E-state index >= 15 is 0 Å². The van der Waals surface area contributed by atoms with Crippen molar-refractivity contribution in [3.63, 3.8) is 0 Å². The number of fused-ring (bicyclic) bond motifs is 1. The van der Waals surface area contributed by atoms with Gasteiger partial charge < -0.3 is 23.7 Å². The van der Waals surface area contributed by atoms with E-state index in [1.165, 1.54) is 5.39 Å². The van der Waals surface area contributed by atoms with Crippen LogP contribution in [-0.4, -0.2) is 31.0 Å². The van der Waals surface area contributed by atoms with E-state index in [0.29, 0.717) is 33.0 Å². The lowest BCUT2D eigenvalue weighted by Gasteiger charge is -2.46. The van der Waals surface area contributed by atoms with Crippen LogP contribution in [0.2, 0.25) is 0 Å². The van der Waals surface area contributed by atoms with Crippen LogP contribution in [-0.2, 0) is 50.1 Å². The molecule has 1 aliphatic rings. The highest BCUT2D eigenvalue weighted by Crippen LogP contribution is 2.39. The Morgan fingerprint density at radius 3 is 1.41 bits per heavy atom. The van der Waals surface area contributed by atoms with E-state index in [4.69, 9.17) is 23.7 Å². The van der Waals surface area contributed by atoms with E-state index in [1.807, 2.05) is 72.8 Å². The van der Waals surface area contributed by atoms with Gasteiger partial charge in [-0.1, -0.05) is 158 Å². The van der Waals surface area contributed by atoms with Crippen molar-refractivity contribution < 1.29 is 23.7 Å². The van der Waals surface area contributed by atoms with Crippen molar-refractivity contribution in [1.82, 2.24) is 0 Å². The molecule has 5 heteroatoms. The predicted molar refractivity (Wildman–Crippen MR) is 193 cm³/mol. The zero-order chi connectivity index (χ0) is 33.1. The van der Waals surface area contributed by atoms with E-state index in [1.54, 1.807) is 0 Å². The van der Waals surface area contributed by atoms with Gasteiger partial charge in [0.25, 0.3) is 0 Å². The highest BCUT2D eigenvalue weighted by atomic mass is 16.6. The Bertz CT molecular complexity index is 1850. The lowest BCUT2D eigenvalue weighted by Crippen LogP contribution is -2.58. The van der Waals surface area contributed by atoms with Crippen molar-refractivity contribution in [2.75, 3.05) is 6.61 Å². The Kier molecular flexibility index (Phi) is 11.2. The molecule has 1 aliphatic heterocycles. The van der Waals surface area contributed by atoms with Crippen LogP contribution in [0.5, 0.6) is 0 Å². The molecule has 0 aromatic heterocycles. The molecule has 0 N–H and O–H groups in total. The molecule has 0 bridgehead atoms. The van der Waals surface area contributed by atoms with Gasteiger partial charge in [0.1, 0.15) is 30.5 Å². The topological polar surface area (TPSA) is 46.2 Å². The minimum atomic E-state index is -0.476. The highest BCUT2D eigenvalue weighted by Gasteiger charge is 2.49. The van der Waals surface area contributed by atoms with Crippen LogP contribution >= 0.6 is 0 Å². The Morgan fingerprint density at radius 2 is 0.857 bits per heavy atom. The molecular formula is C44H42O5. The number of ether oxygens (including phenoxy) is 5. The first-order valence-electron chi connectivity index (χ1n) is 17.0. The molecule has 1 fully saturated rings. The minimum absolute atomic E-state index is 0.328. The van der Waals surface area contributed by atoms with E-state index < -0.39 is 30.5 Å². The normalized spacial score (nSPS) is 20.7. The SMILES string of the molecule is c1ccc(COC[C@H]2O[C@H](c3ccc4ccccc4c3)[C@@H](OCc3ccccc3)[C@@H](OCc3ccccc3)[C@@H]2OCc2ccccc2)cc1. The van der Waals surface area contributed by atoms with Crippen LogP contribution in [0.3, 0.4) is 0 Å². The van der Waals surface area contributed by atoms with Crippen molar-refractivity contribution in [3.8, 4) is 0 Å². The summed E-state index contributed by atoms with van der Waals surface area (Å²) in [6.45, 7) is 2.02. The van der Waals surface area contributed by atoms with Crippen LogP contribution in [0.25, 0.3) is 10.8 Å². The van der Waals surface area contributed by atoms with Crippen LogP contribution in [0, 0.1) is 0 Å². The summed E-state index contributed by atoms with van der Waals surface area (Å²) in [5, 5.41) is 2.32. The Hall–Kier alpha value is -4.62. The molecule has 248 valence electrons. The lowest BCUT2D eigenvalue weighted by molar-refractivity contribution is -0.275. The fourth-order valence-electron chi connectivity index (χ4n) is 6.44. The molecule has 0 unspecified atom stereocenters. The highest BCUT2D eigenvalue weighted by molar-refractivity contribution is 5.83. The summed E-state index contributed by atoms with van der Waals surface area (Å²) in [6, 6.07) is 55.8. The Morgan fingerprint density at radius 1 is 0.408 bits per heavy atom. The Labute approximate surface area is 289 Å². The number of rotatable bonds is 14. The molecule has 5 atom stereocenters. The second-order valence-corrected chi connectivity index (χ2v) is 12.5. The maximum Gasteiger partial charge on any atom is 0.117 e. The molecule has 1 heterocycles. The molecule has 7 rings (SSSR count). The van der Waals surface area contributed by atoms with Gasteiger partial charge in [0.2, 0.25) is 0 Å². The third-order valence-corrected chi connectivity index (χ3v) is 8.99. The van der Waals surface area contributed by atoms with Crippen LogP contribution < -0.4 is 0 Å². The van der Waals surface area contributed by atoms with E-state index in [9.17, 15) is 0 Å². The van der Waals surface area contributed by atoms with Gasteiger partial charge in [-0.05, 0) is 44.7 Å². The average molecular weight is 651 g/mol. The molecule has 0 aliphatic carbocycles. The van der Waals surface area contributed by atoms with Crippen molar-refractivity contribution in [3.05, 3.63) is 192 Å². The van der Waals surface area contributed by atoms with Crippen molar-refractivity contribution >= 4 is 10.8 Å². The largest absolute Gasteiger partial charge is 0.374 e. The first kappa shape index (κ1) is 32.9. The van der Waals surface area contributed by atoms with Gasteiger partial charge in [0.15, 0.2) is 0 Å². The number of benzene rings is 6. The van der Waals surface area contributed by atoms with Crippen LogP contribution in [0.15, 0.2) is 164 Å². The molecule has 5 nitrogen and oxygen atoms in total. The first-order chi connectivity index (χ1) is 24.3. The smallest absolute Gasteiger partial charge is 0.117 e. The summed E-state index contributed by atoms with van der Waals surface area (Å²) in [6.07, 6.45) is -2.28. The van der Waals surface area contributed by atoms with Crippen molar-refractivity contribution in [2.45, 2.75) is 56.9 Å². The summed E-state index contributed by atoms with van der Waals surface area (Å²) in [7, 11) is 0. The molecule has 0 spiro atoms. The summed E-state index contributed by atoms with van der Waals surface area (Å²) in [5.41, 5.74) is 5.37. The van der Waals surface area contributed by atoms with Gasteiger partial charge in [-0.15, -0.1) is 0 Å². The van der Waals surface area contributed by atoms with E-state index in [2.05, 4.69) is 91.0 Å². The minimum Gasteiger partial charge on any atom is -0.374 e. The molecule has 6 aromatic rings. The zero-order valence-corrected chi connectivity index (χ0v) is 27.6. The summed E-state index contributed by atoms with van der Waals surface area (Å²) in [5.74, 6) is 0. The Balaban J connectivity index is 1.25. The van der Waals surface area contributed by atoms with E-state index in [0.717, 1.165) is 33.2 Å². The molecular weight excluding hydrogens is 608 g/mol. The third kappa shape index (κ3) is 8.70. The predicted octanol–water partition coefficient (Wildman–Crippen LogP) is 9.25. The van der Waals surface area contributed by atoms with Crippen molar-refractivity contribution in [1.29, 1.82) is 0 Å². The molecule has 0 radical (unpaired) electrons. The first-order valence-corrected chi connectivity index (χ1v) is 17.0. The number of hydrogen-bond acceptors (Lipinski definition) is 5. The summed E-state index contributed by atoms with van der Waals surface area (Å²) < 4.78 is 34.1. The molecule has 49 heavy (non-hydrogen) atoms. The molecule has 0 amide bonds. The summed E-state index contributed by atoms with van der Waals surface area (Å²) >= 11 is 0. The maximum atomic E-state index is 7.09. The number of hydrogen-bond donors (Lipinski definition) is 0. The average Bonchev–Trinajstić information content (AvgIpc) is 3.17. The van der Waals surface area contributed by atoms with Gasteiger partial charge in [0.05, 0.1) is 33.0 Å². The second-order valence-electron chi connectivity index (χ2n) is 12.5. The molecule has 6 aromatic carbocycles. The third-order valence-electron chi connectivity index (χ3n) is 8.99. The fraction of sp³-hybridized carbons (Fsp3) is 0.227. The van der Waals surface area contributed by atoms with Gasteiger partial charge >= 0.3 is 0 Å². The van der Waals surface area contributed by atoms with E-state index in [-0.39, 0.29) is 0 Å². The van der Waals surface area contributed by atoms with Crippen LogP contribution in [0.1, 0.15) is 33.9 Å². The summed E-state index contributed by atoms with van der Waals surface area (Å²) in [4.78, 5) is 0. The van der Waals surface area contributed by atoms with Crippen LogP contribution in [0.4, 0.5) is 0 Å².